The number of rotatable bonds is 6. The first-order valence-corrected chi connectivity index (χ1v) is 14.7. The van der Waals surface area contributed by atoms with Crippen molar-refractivity contribution in [1.29, 1.82) is 0 Å². The Hall–Kier alpha value is -4.97. The molecule has 0 radical (unpaired) electrons. The van der Waals surface area contributed by atoms with Crippen molar-refractivity contribution in [2.45, 2.75) is 33.6 Å². The molecular formula is C39H30F5N. The second kappa shape index (κ2) is 12.2. The maximum atomic E-state index is 14.5. The molecule has 0 heterocycles. The highest BCUT2D eigenvalue weighted by Crippen LogP contribution is 2.39. The predicted octanol–water partition coefficient (Wildman–Crippen LogP) is 11.9. The summed E-state index contributed by atoms with van der Waals surface area (Å²) >= 11 is 0. The van der Waals surface area contributed by atoms with E-state index in [1.165, 1.54) is 34.4 Å². The van der Waals surface area contributed by atoms with Crippen LogP contribution >= 0.6 is 0 Å². The molecule has 0 fully saturated rings. The third kappa shape index (κ3) is 5.68. The minimum Gasteiger partial charge on any atom is -0.311 e. The Morgan fingerprint density at radius 3 is 1.58 bits per heavy atom. The van der Waals surface area contributed by atoms with Gasteiger partial charge in [0.2, 0.25) is 5.82 Å². The van der Waals surface area contributed by atoms with E-state index < -0.39 is 34.6 Å². The lowest BCUT2D eigenvalue weighted by atomic mass is 9.89. The summed E-state index contributed by atoms with van der Waals surface area (Å²) in [6.45, 7) is 6.30. The standard InChI is InChI=1S/C39H30F5N/c1-23-8-16-29(17-9-23)45(31-20-14-27(15-21-31)34-35(40)37(42)39(44)38(43)36(34)41)30-18-12-26(13-19-30)28-11-10-25(3)33(22-28)32-7-5-4-6-24(32)2/h5,7-22H,4,6H2,1-3H3. The molecule has 0 spiro atoms. The van der Waals surface area contributed by atoms with Gasteiger partial charge in [-0.05, 0) is 109 Å². The fourth-order valence-corrected chi connectivity index (χ4v) is 5.77. The van der Waals surface area contributed by atoms with Crippen LogP contribution in [-0.2, 0) is 0 Å². The second-order valence-electron chi connectivity index (χ2n) is 11.4. The van der Waals surface area contributed by atoms with E-state index in [0.29, 0.717) is 5.69 Å². The number of aryl methyl sites for hydroxylation is 2. The van der Waals surface area contributed by atoms with E-state index in [0.717, 1.165) is 40.9 Å². The smallest absolute Gasteiger partial charge is 0.200 e. The van der Waals surface area contributed by atoms with E-state index in [1.807, 2.05) is 60.4 Å². The van der Waals surface area contributed by atoms with Crippen molar-refractivity contribution >= 4 is 22.6 Å². The van der Waals surface area contributed by atoms with Gasteiger partial charge in [0, 0.05) is 17.1 Å². The highest BCUT2D eigenvalue weighted by molar-refractivity contribution is 5.83. The average molecular weight is 608 g/mol. The van der Waals surface area contributed by atoms with Gasteiger partial charge in [0.05, 0.1) is 5.56 Å². The van der Waals surface area contributed by atoms with Crippen LogP contribution < -0.4 is 4.90 Å². The molecule has 0 aliphatic heterocycles. The van der Waals surface area contributed by atoms with E-state index in [4.69, 9.17) is 0 Å². The molecule has 0 unspecified atom stereocenters. The van der Waals surface area contributed by atoms with Crippen LogP contribution in [0.1, 0.15) is 36.5 Å². The van der Waals surface area contributed by atoms with Gasteiger partial charge in [-0.1, -0.05) is 71.8 Å². The molecule has 1 nitrogen and oxygen atoms in total. The fraction of sp³-hybridized carbons (Fsp3) is 0.128. The quantitative estimate of drug-likeness (QED) is 0.105. The van der Waals surface area contributed by atoms with Crippen molar-refractivity contribution < 1.29 is 22.0 Å². The third-order valence-electron chi connectivity index (χ3n) is 8.33. The van der Waals surface area contributed by atoms with Gasteiger partial charge in [0.25, 0.3) is 0 Å². The molecule has 45 heavy (non-hydrogen) atoms. The molecule has 0 amide bonds. The summed E-state index contributed by atoms with van der Waals surface area (Å²) in [5, 5.41) is 0. The molecule has 0 bridgehead atoms. The molecule has 5 aromatic carbocycles. The summed E-state index contributed by atoms with van der Waals surface area (Å²) in [6, 6.07) is 28.4. The average Bonchev–Trinajstić information content (AvgIpc) is 3.06. The maximum Gasteiger partial charge on any atom is 0.200 e. The van der Waals surface area contributed by atoms with Crippen LogP contribution in [-0.4, -0.2) is 0 Å². The summed E-state index contributed by atoms with van der Waals surface area (Å²) in [5.74, 6) is -9.86. The first-order chi connectivity index (χ1) is 21.6. The molecule has 0 N–H and O–H groups in total. The summed E-state index contributed by atoms with van der Waals surface area (Å²) in [6.07, 6.45) is 6.55. The Morgan fingerprint density at radius 2 is 1.02 bits per heavy atom. The normalized spacial score (nSPS) is 13.0. The fourth-order valence-electron chi connectivity index (χ4n) is 5.77. The molecule has 226 valence electrons. The van der Waals surface area contributed by atoms with Crippen LogP contribution in [0.2, 0.25) is 0 Å². The molecule has 5 aromatic rings. The number of anilines is 3. The van der Waals surface area contributed by atoms with Crippen molar-refractivity contribution in [3.63, 3.8) is 0 Å². The largest absolute Gasteiger partial charge is 0.311 e. The highest BCUT2D eigenvalue weighted by Gasteiger charge is 2.27. The molecule has 6 heteroatoms. The topological polar surface area (TPSA) is 3.24 Å². The van der Waals surface area contributed by atoms with Gasteiger partial charge < -0.3 is 4.90 Å². The Kier molecular flexibility index (Phi) is 8.15. The molecule has 0 aromatic heterocycles. The summed E-state index contributed by atoms with van der Waals surface area (Å²) in [7, 11) is 0. The molecule has 1 aliphatic rings. The zero-order chi connectivity index (χ0) is 31.8. The Bertz CT molecular complexity index is 1920. The van der Waals surface area contributed by atoms with Crippen molar-refractivity contribution in [2.24, 2.45) is 0 Å². The van der Waals surface area contributed by atoms with Gasteiger partial charge in [-0.15, -0.1) is 0 Å². The molecule has 0 atom stereocenters. The number of hydrogen-bond donors (Lipinski definition) is 0. The first kappa shape index (κ1) is 30.1. The minimum atomic E-state index is -2.18. The number of nitrogens with zero attached hydrogens (tertiary/aromatic N) is 1. The zero-order valence-corrected chi connectivity index (χ0v) is 25.1. The lowest BCUT2D eigenvalue weighted by molar-refractivity contribution is 0.381. The Morgan fingerprint density at radius 1 is 0.533 bits per heavy atom. The highest BCUT2D eigenvalue weighted by atomic mass is 19.2. The van der Waals surface area contributed by atoms with Crippen LogP contribution in [0, 0.1) is 42.9 Å². The van der Waals surface area contributed by atoms with E-state index in [1.54, 1.807) is 12.1 Å². The van der Waals surface area contributed by atoms with Gasteiger partial charge in [0.1, 0.15) is 0 Å². The van der Waals surface area contributed by atoms with Gasteiger partial charge in [-0.3, -0.25) is 0 Å². The number of hydrogen-bond acceptors (Lipinski definition) is 1. The number of allylic oxidation sites excluding steroid dienone is 4. The SMILES string of the molecule is CC1=C(c2cc(-c3ccc(N(c4ccc(C)cc4)c4ccc(-c5c(F)c(F)c(F)c(F)c5F)cc4)cc3)ccc2C)C=CCC1. The monoisotopic (exact) mass is 607 g/mol. The van der Waals surface area contributed by atoms with Crippen molar-refractivity contribution in [3.05, 3.63) is 154 Å². The summed E-state index contributed by atoms with van der Waals surface area (Å²) in [5.41, 5.74) is 9.53. The third-order valence-corrected chi connectivity index (χ3v) is 8.33. The molecule has 6 rings (SSSR count). The maximum absolute atomic E-state index is 14.5. The van der Waals surface area contributed by atoms with E-state index in [-0.39, 0.29) is 5.56 Å². The minimum absolute atomic E-state index is 0.126. The van der Waals surface area contributed by atoms with Gasteiger partial charge >= 0.3 is 0 Å². The van der Waals surface area contributed by atoms with Gasteiger partial charge in [-0.25, -0.2) is 22.0 Å². The van der Waals surface area contributed by atoms with E-state index in [9.17, 15) is 22.0 Å². The van der Waals surface area contributed by atoms with Crippen molar-refractivity contribution in [1.82, 2.24) is 0 Å². The van der Waals surface area contributed by atoms with E-state index in [2.05, 4.69) is 44.2 Å². The van der Waals surface area contributed by atoms with Gasteiger partial charge in [0.15, 0.2) is 23.3 Å². The molecule has 0 saturated heterocycles. The van der Waals surface area contributed by atoms with Crippen LogP contribution in [0.3, 0.4) is 0 Å². The van der Waals surface area contributed by atoms with Gasteiger partial charge in [-0.2, -0.15) is 0 Å². The summed E-state index contributed by atoms with van der Waals surface area (Å²) < 4.78 is 70.5. The summed E-state index contributed by atoms with van der Waals surface area (Å²) in [4.78, 5) is 1.97. The number of benzene rings is 5. The van der Waals surface area contributed by atoms with Crippen molar-refractivity contribution in [2.75, 3.05) is 4.90 Å². The Labute approximate surface area is 259 Å². The lowest BCUT2D eigenvalue weighted by Gasteiger charge is -2.26. The van der Waals surface area contributed by atoms with Crippen LogP contribution in [0.5, 0.6) is 0 Å². The number of halogens is 5. The first-order valence-electron chi connectivity index (χ1n) is 14.7. The van der Waals surface area contributed by atoms with Crippen LogP contribution in [0.4, 0.5) is 39.0 Å². The predicted molar refractivity (Wildman–Crippen MR) is 172 cm³/mol. The van der Waals surface area contributed by atoms with Crippen molar-refractivity contribution in [3.8, 4) is 22.3 Å². The molecule has 0 saturated carbocycles. The lowest BCUT2D eigenvalue weighted by Crippen LogP contribution is -2.10. The molecular weight excluding hydrogens is 577 g/mol. The second-order valence-corrected chi connectivity index (χ2v) is 11.4. The van der Waals surface area contributed by atoms with E-state index >= 15 is 0 Å². The van der Waals surface area contributed by atoms with Crippen LogP contribution in [0.15, 0.2) is 109 Å². The van der Waals surface area contributed by atoms with Crippen LogP contribution in [0.25, 0.3) is 27.8 Å². The zero-order valence-electron chi connectivity index (χ0n) is 25.1. The Balaban J connectivity index is 1.38. The molecule has 1 aliphatic carbocycles.